The molecular formula is C22H16F2N2O. The van der Waals surface area contributed by atoms with Crippen molar-refractivity contribution in [3.8, 4) is 11.8 Å². The Balaban J connectivity index is 1.60. The van der Waals surface area contributed by atoms with E-state index in [1.807, 2.05) is 48.5 Å². The van der Waals surface area contributed by atoms with Crippen LogP contribution in [0.5, 0.6) is 0 Å². The molecule has 134 valence electrons. The van der Waals surface area contributed by atoms with Gasteiger partial charge in [0.05, 0.1) is 12.2 Å². The third-order valence-corrected chi connectivity index (χ3v) is 3.65. The van der Waals surface area contributed by atoms with E-state index >= 15 is 0 Å². The van der Waals surface area contributed by atoms with E-state index in [9.17, 15) is 13.6 Å². The number of hydrogen-bond donors (Lipinski definition) is 2. The van der Waals surface area contributed by atoms with Gasteiger partial charge in [0.1, 0.15) is 11.6 Å². The van der Waals surface area contributed by atoms with Crippen LogP contribution >= 0.6 is 0 Å². The quantitative estimate of drug-likeness (QED) is 0.675. The maximum Gasteiger partial charge on any atom is 0.243 e. The highest BCUT2D eigenvalue weighted by Gasteiger charge is 2.08. The molecule has 3 nitrogen and oxygen atoms in total. The fourth-order valence-electron chi connectivity index (χ4n) is 2.34. The summed E-state index contributed by atoms with van der Waals surface area (Å²) in [6, 6.07) is 19.9. The van der Waals surface area contributed by atoms with Crippen LogP contribution in [0.15, 0.2) is 72.8 Å². The molecule has 0 unspecified atom stereocenters. The number of anilines is 2. The predicted octanol–water partition coefficient (Wildman–Crippen LogP) is 4.42. The zero-order valence-corrected chi connectivity index (χ0v) is 14.3. The smallest absolute Gasteiger partial charge is 0.243 e. The summed E-state index contributed by atoms with van der Waals surface area (Å²) in [4.78, 5) is 12.0. The van der Waals surface area contributed by atoms with E-state index in [0.717, 1.165) is 23.3 Å². The number of nitrogens with one attached hydrogen (secondary N) is 2. The number of carbonyl (C=O) groups is 1. The second-order valence-electron chi connectivity index (χ2n) is 5.72. The SMILES string of the molecule is O=C(CNc1cccc(C#Cc2ccccc2)c1)Nc1ccc(F)cc1F. The zero-order chi connectivity index (χ0) is 19.1. The number of amides is 1. The summed E-state index contributed by atoms with van der Waals surface area (Å²) >= 11 is 0. The Morgan fingerprint density at radius 2 is 1.59 bits per heavy atom. The minimum Gasteiger partial charge on any atom is -0.376 e. The second kappa shape index (κ2) is 8.63. The molecule has 0 fully saturated rings. The molecule has 0 heterocycles. The van der Waals surface area contributed by atoms with Crippen molar-refractivity contribution in [1.29, 1.82) is 0 Å². The molecule has 3 rings (SSSR count). The van der Waals surface area contributed by atoms with Crippen molar-refractivity contribution < 1.29 is 13.6 Å². The molecule has 0 saturated heterocycles. The van der Waals surface area contributed by atoms with E-state index in [4.69, 9.17) is 0 Å². The lowest BCUT2D eigenvalue weighted by molar-refractivity contribution is -0.114. The molecule has 0 aliphatic heterocycles. The molecule has 0 bridgehead atoms. The van der Waals surface area contributed by atoms with Gasteiger partial charge < -0.3 is 10.6 Å². The minimum atomic E-state index is -0.818. The molecule has 27 heavy (non-hydrogen) atoms. The fourth-order valence-corrected chi connectivity index (χ4v) is 2.34. The van der Waals surface area contributed by atoms with Crippen LogP contribution in [-0.4, -0.2) is 12.5 Å². The highest BCUT2D eigenvalue weighted by Crippen LogP contribution is 2.15. The largest absolute Gasteiger partial charge is 0.376 e. The van der Waals surface area contributed by atoms with Crippen LogP contribution in [-0.2, 0) is 4.79 Å². The lowest BCUT2D eigenvalue weighted by Gasteiger charge is -2.09. The van der Waals surface area contributed by atoms with Crippen molar-refractivity contribution >= 4 is 17.3 Å². The van der Waals surface area contributed by atoms with Gasteiger partial charge in [0.25, 0.3) is 0 Å². The van der Waals surface area contributed by atoms with Gasteiger partial charge in [-0.2, -0.15) is 0 Å². The van der Waals surface area contributed by atoms with Crippen molar-refractivity contribution in [3.05, 3.63) is 95.6 Å². The normalized spacial score (nSPS) is 9.85. The van der Waals surface area contributed by atoms with Crippen LogP contribution in [0.3, 0.4) is 0 Å². The van der Waals surface area contributed by atoms with Crippen molar-refractivity contribution in [1.82, 2.24) is 0 Å². The van der Waals surface area contributed by atoms with E-state index in [1.165, 1.54) is 6.07 Å². The van der Waals surface area contributed by atoms with Crippen LogP contribution in [0.1, 0.15) is 11.1 Å². The maximum atomic E-state index is 13.6. The second-order valence-corrected chi connectivity index (χ2v) is 5.72. The van der Waals surface area contributed by atoms with Crippen molar-refractivity contribution in [2.45, 2.75) is 0 Å². The minimum absolute atomic E-state index is 0.0631. The first-order chi connectivity index (χ1) is 13.1. The summed E-state index contributed by atoms with van der Waals surface area (Å²) in [5.41, 5.74) is 2.36. The number of hydrogen-bond acceptors (Lipinski definition) is 2. The molecular weight excluding hydrogens is 346 g/mol. The summed E-state index contributed by atoms with van der Waals surface area (Å²) < 4.78 is 26.4. The third kappa shape index (κ3) is 5.41. The van der Waals surface area contributed by atoms with Crippen LogP contribution < -0.4 is 10.6 Å². The monoisotopic (exact) mass is 362 g/mol. The van der Waals surface area contributed by atoms with Crippen LogP contribution in [0, 0.1) is 23.5 Å². The van der Waals surface area contributed by atoms with E-state index in [2.05, 4.69) is 22.5 Å². The molecule has 0 aromatic heterocycles. The number of carbonyl (C=O) groups excluding carboxylic acids is 1. The Bertz CT molecular complexity index is 1010. The van der Waals surface area contributed by atoms with Crippen LogP contribution in [0.2, 0.25) is 0 Å². The highest BCUT2D eigenvalue weighted by molar-refractivity contribution is 5.93. The molecule has 0 aliphatic rings. The van der Waals surface area contributed by atoms with Gasteiger partial charge in [-0.3, -0.25) is 4.79 Å². The lowest BCUT2D eigenvalue weighted by atomic mass is 10.1. The van der Waals surface area contributed by atoms with Gasteiger partial charge in [-0.1, -0.05) is 36.1 Å². The highest BCUT2D eigenvalue weighted by atomic mass is 19.1. The number of benzene rings is 3. The number of halogens is 2. The lowest BCUT2D eigenvalue weighted by Crippen LogP contribution is -2.22. The fraction of sp³-hybridized carbons (Fsp3) is 0.0455. The Hall–Kier alpha value is -3.65. The van der Waals surface area contributed by atoms with E-state index in [1.54, 1.807) is 6.07 Å². The van der Waals surface area contributed by atoms with Gasteiger partial charge in [0.2, 0.25) is 5.91 Å². The Labute approximate surface area is 156 Å². The molecule has 0 radical (unpaired) electrons. The zero-order valence-electron chi connectivity index (χ0n) is 14.3. The van der Waals surface area contributed by atoms with E-state index < -0.39 is 17.5 Å². The standard InChI is InChI=1S/C22H16F2N2O/c23-18-11-12-21(20(24)14-18)26-22(27)15-25-19-8-4-7-17(13-19)10-9-16-5-2-1-3-6-16/h1-8,11-14,25H,15H2,(H,26,27). The Morgan fingerprint density at radius 1 is 0.852 bits per heavy atom. The molecule has 2 N–H and O–H groups in total. The predicted molar refractivity (Wildman–Crippen MR) is 102 cm³/mol. The van der Waals surface area contributed by atoms with Crippen molar-refractivity contribution in [2.75, 3.05) is 17.2 Å². The van der Waals surface area contributed by atoms with Crippen molar-refractivity contribution in [3.63, 3.8) is 0 Å². The molecule has 0 aliphatic carbocycles. The average Bonchev–Trinajstić information content (AvgIpc) is 2.68. The van der Waals surface area contributed by atoms with Crippen molar-refractivity contribution in [2.24, 2.45) is 0 Å². The average molecular weight is 362 g/mol. The molecule has 3 aromatic carbocycles. The Morgan fingerprint density at radius 3 is 2.37 bits per heavy atom. The Kier molecular flexibility index (Phi) is 5.80. The molecule has 0 saturated carbocycles. The summed E-state index contributed by atoms with van der Waals surface area (Å²) in [6.45, 7) is -0.0631. The van der Waals surface area contributed by atoms with E-state index in [0.29, 0.717) is 5.69 Å². The summed E-state index contributed by atoms with van der Waals surface area (Å²) in [5.74, 6) is 4.17. The van der Waals surface area contributed by atoms with Gasteiger partial charge in [0.15, 0.2) is 0 Å². The van der Waals surface area contributed by atoms with E-state index in [-0.39, 0.29) is 12.2 Å². The maximum absolute atomic E-state index is 13.6. The first-order valence-electron chi connectivity index (χ1n) is 8.26. The summed E-state index contributed by atoms with van der Waals surface area (Å²) in [5, 5.41) is 5.36. The van der Waals surface area contributed by atoms with Gasteiger partial charge in [-0.05, 0) is 42.5 Å². The molecule has 3 aromatic rings. The van der Waals surface area contributed by atoms with Gasteiger partial charge in [0, 0.05) is 22.9 Å². The molecule has 0 atom stereocenters. The summed E-state index contributed by atoms with van der Waals surface area (Å²) in [7, 11) is 0. The van der Waals surface area contributed by atoms with Crippen LogP contribution in [0.25, 0.3) is 0 Å². The van der Waals surface area contributed by atoms with Gasteiger partial charge >= 0.3 is 0 Å². The molecule has 1 amide bonds. The first kappa shape index (κ1) is 18.2. The van der Waals surface area contributed by atoms with Gasteiger partial charge in [-0.15, -0.1) is 0 Å². The van der Waals surface area contributed by atoms with Crippen LogP contribution in [0.4, 0.5) is 20.2 Å². The first-order valence-corrected chi connectivity index (χ1v) is 8.26. The number of rotatable bonds is 4. The van der Waals surface area contributed by atoms with Gasteiger partial charge in [-0.25, -0.2) is 8.78 Å². The molecule has 5 heteroatoms. The third-order valence-electron chi connectivity index (χ3n) is 3.65. The topological polar surface area (TPSA) is 41.1 Å². The summed E-state index contributed by atoms with van der Waals surface area (Å²) in [6.07, 6.45) is 0. The molecule has 0 spiro atoms.